The van der Waals surface area contributed by atoms with Gasteiger partial charge in [-0.15, -0.1) is 0 Å². The Morgan fingerprint density at radius 3 is 2.52 bits per heavy atom. The Labute approximate surface area is 166 Å². The second-order valence-corrected chi connectivity index (χ2v) is 6.27. The van der Waals surface area contributed by atoms with E-state index in [9.17, 15) is 13.2 Å². The van der Waals surface area contributed by atoms with E-state index in [1.807, 2.05) is 24.4 Å². The molecule has 3 aromatic rings. The molecule has 0 aliphatic carbocycles. The number of nitrogens with one attached hydrogen (secondary N) is 2. The minimum atomic E-state index is -4.31. The predicted octanol–water partition coefficient (Wildman–Crippen LogP) is 3.19. The van der Waals surface area contributed by atoms with Crippen LogP contribution in [0.5, 0.6) is 0 Å². The smallest absolute Gasteiger partial charge is 0.356 e. The summed E-state index contributed by atoms with van der Waals surface area (Å²) in [6.07, 6.45) is 1.50. The zero-order chi connectivity index (χ0) is 20.7. The third kappa shape index (κ3) is 5.81. The van der Waals surface area contributed by atoms with Gasteiger partial charge >= 0.3 is 6.18 Å². The minimum absolute atomic E-state index is 0.538. The van der Waals surface area contributed by atoms with Crippen molar-refractivity contribution in [1.29, 1.82) is 0 Å². The normalized spacial score (nSPS) is 12.1. The molecule has 0 spiro atoms. The first-order valence-electron chi connectivity index (χ1n) is 9.01. The van der Waals surface area contributed by atoms with Crippen molar-refractivity contribution in [2.45, 2.75) is 19.1 Å². The third-order valence-electron chi connectivity index (χ3n) is 4.22. The summed E-state index contributed by atoms with van der Waals surface area (Å²) in [5.41, 5.74) is 1.19. The van der Waals surface area contributed by atoms with E-state index in [4.69, 9.17) is 0 Å². The average molecular weight is 402 g/mol. The van der Waals surface area contributed by atoms with Gasteiger partial charge in [0.25, 0.3) is 0 Å². The van der Waals surface area contributed by atoms with Gasteiger partial charge in [-0.25, -0.2) is 9.67 Å². The maximum absolute atomic E-state index is 12.6. The largest absolute Gasteiger partial charge is 0.416 e. The van der Waals surface area contributed by atoms with Crippen LogP contribution in [-0.4, -0.2) is 34.3 Å². The topological polar surface area (TPSA) is 67.1 Å². The number of aliphatic imine (C=N–C) groups is 1. The van der Waals surface area contributed by atoms with Crippen LogP contribution in [0.15, 0.2) is 66.0 Å². The molecule has 29 heavy (non-hydrogen) atoms. The van der Waals surface area contributed by atoms with Gasteiger partial charge in [0.2, 0.25) is 0 Å². The van der Waals surface area contributed by atoms with E-state index >= 15 is 0 Å². The van der Waals surface area contributed by atoms with E-state index in [0.29, 0.717) is 25.5 Å². The number of nitrogens with zero attached hydrogens (tertiary/aromatic N) is 4. The molecule has 0 aliphatic heterocycles. The van der Waals surface area contributed by atoms with Crippen LogP contribution in [0, 0.1) is 0 Å². The summed E-state index contributed by atoms with van der Waals surface area (Å²) in [5, 5.41) is 10.5. The lowest BCUT2D eigenvalue weighted by Gasteiger charge is -2.13. The highest BCUT2D eigenvalue weighted by Crippen LogP contribution is 2.29. The summed E-state index contributed by atoms with van der Waals surface area (Å²) >= 11 is 0. The number of benzene rings is 1. The summed E-state index contributed by atoms with van der Waals surface area (Å²) in [7, 11) is 1.66. The third-order valence-corrected chi connectivity index (χ3v) is 4.22. The Hall–Kier alpha value is -3.36. The first-order valence-corrected chi connectivity index (χ1v) is 9.01. The summed E-state index contributed by atoms with van der Waals surface area (Å²) in [4.78, 5) is 8.46. The number of alkyl halides is 3. The summed E-state index contributed by atoms with van der Waals surface area (Å²) < 4.78 is 39.5. The van der Waals surface area contributed by atoms with E-state index in [0.717, 1.165) is 29.1 Å². The van der Waals surface area contributed by atoms with Crippen molar-refractivity contribution in [3.63, 3.8) is 0 Å². The number of guanidine groups is 1. The molecular formula is C20H21F3N6. The summed E-state index contributed by atoms with van der Waals surface area (Å²) in [5.74, 6) is 1.33. The second kappa shape index (κ2) is 9.22. The van der Waals surface area contributed by atoms with E-state index in [1.54, 1.807) is 24.1 Å². The number of pyridine rings is 1. The van der Waals surface area contributed by atoms with Crippen molar-refractivity contribution in [2.75, 3.05) is 13.6 Å². The van der Waals surface area contributed by atoms with Gasteiger partial charge in [0.15, 0.2) is 11.8 Å². The molecule has 0 atom stereocenters. The fourth-order valence-corrected chi connectivity index (χ4v) is 2.69. The fraction of sp³-hybridized carbons (Fsp3) is 0.250. The molecule has 2 aromatic heterocycles. The Morgan fingerprint density at radius 2 is 1.86 bits per heavy atom. The van der Waals surface area contributed by atoms with Crippen LogP contribution in [0.2, 0.25) is 0 Å². The lowest BCUT2D eigenvalue weighted by atomic mass is 10.1. The summed E-state index contributed by atoms with van der Waals surface area (Å²) in [6, 6.07) is 10.8. The number of hydrogen-bond donors (Lipinski definition) is 2. The van der Waals surface area contributed by atoms with Gasteiger partial charge in [-0.1, -0.05) is 12.1 Å². The Bertz CT molecular complexity index is 934. The van der Waals surface area contributed by atoms with Crippen molar-refractivity contribution in [3.8, 4) is 5.82 Å². The molecule has 0 fully saturated rings. The molecular weight excluding hydrogens is 381 g/mol. The van der Waals surface area contributed by atoms with E-state index in [-0.39, 0.29) is 0 Å². The highest BCUT2D eigenvalue weighted by molar-refractivity contribution is 5.79. The Balaban J connectivity index is 1.48. The van der Waals surface area contributed by atoms with Crippen LogP contribution >= 0.6 is 0 Å². The highest BCUT2D eigenvalue weighted by atomic mass is 19.4. The molecule has 2 N–H and O–H groups in total. The van der Waals surface area contributed by atoms with Gasteiger partial charge in [-0.2, -0.15) is 18.3 Å². The molecule has 0 unspecified atom stereocenters. The molecule has 0 saturated carbocycles. The molecule has 3 rings (SSSR count). The monoisotopic (exact) mass is 402 g/mol. The van der Waals surface area contributed by atoms with Crippen LogP contribution in [0.4, 0.5) is 13.2 Å². The van der Waals surface area contributed by atoms with Gasteiger partial charge in [-0.05, 0) is 47.9 Å². The van der Waals surface area contributed by atoms with Crippen molar-refractivity contribution in [3.05, 3.63) is 77.7 Å². The standard InChI is InChI=1S/C20H21F3N6/c1-24-19(26-11-7-15-3-5-17(6-4-15)20(21,22)23)27-14-16-8-10-25-18(13-16)29-12-2-9-28-29/h2-6,8-10,12-13H,7,11,14H2,1H3,(H2,24,26,27). The van der Waals surface area contributed by atoms with Crippen LogP contribution < -0.4 is 10.6 Å². The summed E-state index contributed by atoms with van der Waals surface area (Å²) in [6.45, 7) is 1.08. The zero-order valence-electron chi connectivity index (χ0n) is 15.8. The molecule has 2 heterocycles. The van der Waals surface area contributed by atoms with Crippen LogP contribution in [-0.2, 0) is 19.1 Å². The van der Waals surface area contributed by atoms with Crippen LogP contribution in [0.1, 0.15) is 16.7 Å². The van der Waals surface area contributed by atoms with Crippen LogP contribution in [0.3, 0.4) is 0 Å². The lowest BCUT2D eigenvalue weighted by Crippen LogP contribution is -2.37. The molecule has 0 bridgehead atoms. The zero-order valence-corrected chi connectivity index (χ0v) is 15.8. The first kappa shape index (κ1) is 20.4. The predicted molar refractivity (Wildman–Crippen MR) is 105 cm³/mol. The van der Waals surface area contributed by atoms with E-state index in [1.165, 1.54) is 12.1 Å². The van der Waals surface area contributed by atoms with Crippen molar-refractivity contribution >= 4 is 5.96 Å². The molecule has 152 valence electrons. The molecule has 0 saturated heterocycles. The molecule has 0 amide bonds. The lowest BCUT2D eigenvalue weighted by molar-refractivity contribution is -0.137. The van der Waals surface area contributed by atoms with Gasteiger partial charge < -0.3 is 10.6 Å². The number of halogens is 3. The number of aromatic nitrogens is 3. The number of rotatable bonds is 6. The minimum Gasteiger partial charge on any atom is -0.356 e. The van der Waals surface area contributed by atoms with E-state index < -0.39 is 11.7 Å². The molecule has 0 radical (unpaired) electrons. The second-order valence-electron chi connectivity index (χ2n) is 6.27. The van der Waals surface area contributed by atoms with Gasteiger partial charge in [-0.3, -0.25) is 4.99 Å². The van der Waals surface area contributed by atoms with Crippen molar-refractivity contribution in [2.24, 2.45) is 4.99 Å². The first-order chi connectivity index (χ1) is 14.0. The van der Waals surface area contributed by atoms with Crippen molar-refractivity contribution < 1.29 is 13.2 Å². The quantitative estimate of drug-likeness (QED) is 0.491. The van der Waals surface area contributed by atoms with Gasteiger partial charge in [0.05, 0.1) is 5.56 Å². The van der Waals surface area contributed by atoms with Gasteiger partial charge in [0, 0.05) is 38.7 Å². The Kier molecular flexibility index (Phi) is 6.48. The van der Waals surface area contributed by atoms with Gasteiger partial charge in [0.1, 0.15) is 0 Å². The van der Waals surface area contributed by atoms with Crippen molar-refractivity contribution in [1.82, 2.24) is 25.4 Å². The maximum atomic E-state index is 12.6. The van der Waals surface area contributed by atoms with Crippen LogP contribution in [0.25, 0.3) is 5.82 Å². The average Bonchev–Trinajstić information content (AvgIpc) is 3.25. The molecule has 6 nitrogen and oxygen atoms in total. The molecule has 9 heteroatoms. The highest BCUT2D eigenvalue weighted by Gasteiger charge is 2.29. The maximum Gasteiger partial charge on any atom is 0.416 e. The molecule has 0 aliphatic rings. The van der Waals surface area contributed by atoms with E-state index in [2.05, 4.69) is 25.7 Å². The fourth-order valence-electron chi connectivity index (χ4n) is 2.69. The number of hydrogen-bond acceptors (Lipinski definition) is 3. The molecule has 1 aromatic carbocycles. The SMILES string of the molecule is CN=C(NCCc1ccc(C(F)(F)F)cc1)NCc1ccnc(-n2cccn2)c1. The Morgan fingerprint density at radius 1 is 1.07 bits per heavy atom.